The third-order valence-corrected chi connectivity index (χ3v) is 3.94. The Morgan fingerprint density at radius 1 is 1.29 bits per heavy atom. The third-order valence-electron chi connectivity index (χ3n) is 3.94. The van der Waals surface area contributed by atoms with Gasteiger partial charge in [0, 0.05) is 17.9 Å². The molecule has 1 aromatic rings. The van der Waals surface area contributed by atoms with Crippen LogP contribution in [0.2, 0.25) is 0 Å². The predicted octanol–water partition coefficient (Wildman–Crippen LogP) is 3.35. The Bertz CT molecular complexity index is 414. The fourth-order valence-corrected chi connectivity index (χ4v) is 2.94. The largest absolute Gasteiger partial charge is 0.310 e. The lowest BCUT2D eigenvalue weighted by Gasteiger charge is -2.35. The van der Waals surface area contributed by atoms with Crippen LogP contribution in [0.15, 0.2) is 24.3 Å². The zero-order valence-corrected chi connectivity index (χ0v) is 10.3. The zero-order valence-electron chi connectivity index (χ0n) is 10.3. The average Bonchev–Trinajstić information content (AvgIpc) is 2.71. The quantitative estimate of drug-likeness (QED) is 0.751. The summed E-state index contributed by atoms with van der Waals surface area (Å²) in [6, 6.07) is 8.25. The molecule has 1 fully saturated rings. The molecule has 3 rings (SSSR count). The molecule has 0 radical (unpaired) electrons. The molecule has 0 amide bonds. The van der Waals surface area contributed by atoms with E-state index in [-0.39, 0.29) is 6.29 Å². The summed E-state index contributed by atoms with van der Waals surface area (Å²) in [5.74, 6) is -0.191. The van der Waals surface area contributed by atoms with Crippen LogP contribution in [-0.2, 0) is 20.9 Å². The van der Waals surface area contributed by atoms with Crippen LogP contribution in [0.4, 0.5) is 0 Å². The molecule has 2 aliphatic rings. The molecule has 0 saturated carbocycles. The third kappa shape index (κ3) is 1.61. The van der Waals surface area contributed by atoms with E-state index >= 15 is 0 Å². The summed E-state index contributed by atoms with van der Waals surface area (Å²) in [5, 5.41) is 0. The van der Waals surface area contributed by atoms with E-state index in [9.17, 15) is 0 Å². The van der Waals surface area contributed by atoms with Crippen molar-refractivity contribution in [2.24, 2.45) is 5.92 Å². The topological polar surface area (TPSA) is 27.7 Å². The van der Waals surface area contributed by atoms with Gasteiger partial charge >= 0.3 is 0 Å². The molecule has 1 aromatic carbocycles. The van der Waals surface area contributed by atoms with Gasteiger partial charge in [-0.1, -0.05) is 38.1 Å². The van der Waals surface area contributed by atoms with E-state index in [0.29, 0.717) is 5.92 Å². The van der Waals surface area contributed by atoms with Gasteiger partial charge in [0.15, 0.2) is 0 Å². The van der Waals surface area contributed by atoms with Crippen molar-refractivity contribution in [3.05, 3.63) is 35.4 Å². The molecule has 0 spiro atoms. The van der Waals surface area contributed by atoms with Crippen LogP contribution < -0.4 is 0 Å². The second-order valence-electron chi connectivity index (χ2n) is 4.83. The van der Waals surface area contributed by atoms with Gasteiger partial charge in [0.1, 0.15) is 0 Å². The van der Waals surface area contributed by atoms with E-state index in [2.05, 4.69) is 26.0 Å². The second-order valence-corrected chi connectivity index (χ2v) is 4.83. The summed E-state index contributed by atoms with van der Waals surface area (Å²) in [4.78, 5) is 10.9. The molecular weight excluding hydrogens is 216 g/mol. The highest BCUT2D eigenvalue weighted by Gasteiger charge is 2.52. The van der Waals surface area contributed by atoms with Crippen molar-refractivity contribution in [2.45, 2.75) is 45.2 Å². The van der Waals surface area contributed by atoms with E-state index in [4.69, 9.17) is 14.5 Å². The molecule has 0 aromatic heterocycles. The van der Waals surface area contributed by atoms with Crippen molar-refractivity contribution in [2.75, 3.05) is 0 Å². The molecule has 3 nitrogen and oxygen atoms in total. The van der Waals surface area contributed by atoms with Crippen molar-refractivity contribution < 1.29 is 14.5 Å². The van der Waals surface area contributed by atoms with Crippen molar-refractivity contribution in [3.8, 4) is 0 Å². The van der Waals surface area contributed by atoms with Crippen molar-refractivity contribution in [1.29, 1.82) is 0 Å². The number of hydrogen-bond acceptors (Lipinski definition) is 3. The van der Waals surface area contributed by atoms with Gasteiger partial charge in [-0.2, -0.15) is 9.78 Å². The standard InChI is InChI=1S/C14H18O3/c1-3-11(4-2)14-9-10-7-5-6-8-12(10)13(15-14)16-17-14/h5-8,11,13H,3-4,9H2,1-2H3/t13-,14-/m0/s1. The van der Waals surface area contributed by atoms with Crippen LogP contribution in [0.1, 0.15) is 44.1 Å². The molecule has 0 unspecified atom stereocenters. The minimum Gasteiger partial charge on any atom is -0.310 e. The summed E-state index contributed by atoms with van der Waals surface area (Å²) >= 11 is 0. The molecule has 2 atom stereocenters. The summed E-state index contributed by atoms with van der Waals surface area (Å²) in [7, 11) is 0. The first-order valence-electron chi connectivity index (χ1n) is 6.39. The zero-order chi connectivity index (χ0) is 11.9. The van der Waals surface area contributed by atoms with Crippen molar-refractivity contribution in [1.82, 2.24) is 0 Å². The van der Waals surface area contributed by atoms with Gasteiger partial charge < -0.3 is 4.74 Å². The van der Waals surface area contributed by atoms with E-state index in [0.717, 1.165) is 24.8 Å². The summed E-state index contributed by atoms with van der Waals surface area (Å²) < 4.78 is 6.01. The first-order chi connectivity index (χ1) is 8.29. The molecule has 0 N–H and O–H groups in total. The number of fused-ring (bicyclic) bond motifs is 4. The lowest BCUT2D eigenvalue weighted by Crippen LogP contribution is -2.43. The van der Waals surface area contributed by atoms with E-state index in [1.54, 1.807) is 0 Å². The lowest BCUT2D eigenvalue weighted by molar-refractivity contribution is -0.342. The highest BCUT2D eigenvalue weighted by atomic mass is 17.3. The maximum absolute atomic E-state index is 6.01. The van der Waals surface area contributed by atoms with Crippen LogP contribution in [0, 0.1) is 5.92 Å². The molecule has 92 valence electrons. The fraction of sp³-hybridized carbons (Fsp3) is 0.571. The second kappa shape index (κ2) is 4.09. The van der Waals surface area contributed by atoms with E-state index in [1.807, 2.05) is 12.1 Å². The van der Waals surface area contributed by atoms with Crippen molar-refractivity contribution in [3.63, 3.8) is 0 Å². The maximum atomic E-state index is 6.01. The van der Waals surface area contributed by atoms with Gasteiger partial charge in [-0.25, -0.2) is 0 Å². The summed E-state index contributed by atoms with van der Waals surface area (Å²) in [6.07, 6.45) is 2.51. The normalized spacial score (nSPS) is 30.6. The Morgan fingerprint density at radius 3 is 2.82 bits per heavy atom. The van der Waals surface area contributed by atoms with E-state index < -0.39 is 5.79 Å². The molecular formula is C14H18O3. The van der Waals surface area contributed by atoms with Crippen LogP contribution in [-0.4, -0.2) is 5.79 Å². The summed E-state index contributed by atoms with van der Waals surface area (Å²) in [6.45, 7) is 4.34. The predicted molar refractivity (Wildman–Crippen MR) is 62.9 cm³/mol. The lowest BCUT2D eigenvalue weighted by atomic mass is 9.85. The average molecular weight is 234 g/mol. The van der Waals surface area contributed by atoms with Gasteiger partial charge in [-0.3, -0.25) is 0 Å². The van der Waals surface area contributed by atoms with Gasteiger partial charge in [0.05, 0.1) is 0 Å². The molecule has 3 heteroatoms. The van der Waals surface area contributed by atoms with Crippen molar-refractivity contribution >= 4 is 0 Å². The molecule has 2 bridgehead atoms. The van der Waals surface area contributed by atoms with Crippen LogP contribution in [0.5, 0.6) is 0 Å². The Morgan fingerprint density at radius 2 is 2.06 bits per heavy atom. The van der Waals surface area contributed by atoms with E-state index in [1.165, 1.54) is 5.56 Å². The SMILES string of the molecule is CCC(CC)[C@]12Cc3ccccc3[C@H](OO1)O2. The monoisotopic (exact) mass is 234 g/mol. The summed E-state index contributed by atoms with van der Waals surface area (Å²) in [5.41, 5.74) is 2.39. The number of ether oxygens (including phenoxy) is 1. The molecule has 0 aliphatic carbocycles. The molecule has 2 heterocycles. The minimum atomic E-state index is -0.567. The maximum Gasteiger partial charge on any atom is 0.220 e. The van der Waals surface area contributed by atoms with Gasteiger partial charge in [0.25, 0.3) is 0 Å². The highest BCUT2D eigenvalue weighted by Crippen LogP contribution is 2.48. The highest BCUT2D eigenvalue weighted by molar-refractivity contribution is 5.32. The first kappa shape index (κ1) is 11.2. The van der Waals surface area contributed by atoms with Crippen LogP contribution >= 0.6 is 0 Å². The molecule has 17 heavy (non-hydrogen) atoms. The van der Waals surface area contributed by atoms with Gasteiger partial charge in [-0.05, 0) is 18.4 Å². The molecule has 2 aliphatic heterocycles. The number of hydrogen-bond donors (Lipinski definition) is 0. The minimum absolute atomic E-state index is 0.347. The Hall–Kier alpha value is -0.900. The van der Waals surface area contributed by atoms with Crippen LogP contribution in [0.25, 0.3) is 0 Å². The smallest absolute Gasteiger partial charge is 0.220 e. The first-order valence-corrected chi connectivity index (χ1v) is 6.39. The number of rotatable bonds is 3. The number of benzene rings is 1. The van der Waals surface area contributed by atoms with Gasteiger partial charge in [-0.15, -0.1) is 0 Å². The Labute approximate surface area is 102 Å². The van der Waals surface area contributed by atoms with Crippen LogP contribution in [0.3, 0.4) is 0 Å². The fourth-order valence-electron chi connectivity index (χ4n) is 2.94. The Balaban J connectivity index is 1.98. The molecule has 1 saturated heterocycles. The Kier molecular flexibility index (Phi) is 2.69. The van der Waals surface area contributed by atoms with Gasteiger partial charge in [0.2, 0.25) is 12.1 Å².